The van der Waals surface area contributed by atoms with Crippen LogP contribution in [0.25, 0.3) is 10.9 Å². The lowest BCUT2D eigenvalue weighted by Gasteiger charge is -2.09. The molecule has 5 nitrogen and oxygen atoms in total. The minimum absolute atomic E-state index is 0.00231. The molecule has 1 aromatic heterocycles. The lowest BCUT2D eigenvalue weighted by molar-refractivity contribution is 0.0950. The molecule has 1 aliphatic rings. The van der Waals surface area contributed by atoms with Gasteiger partial charge in [-0.25, -0.2) is 0 Å². The third kappa shape index (κ3) is 2.12. The van der Waals surface area contributed by atoms with Crippen LogP contribution < -0.4 is 16.6 Å². The second-order valence-corrected chi connectivity index (χ2v) is 5.51. The average molecular weight is 322 g/mol. The Labute approximate surface area is 117 Å². The number of carbonyl (C=O) groups excluding carboxylic acids is 1. The third-order valence-corrected chi connectivity index (χ3v) is 3.84. The van der Waals surface area contributed by atoms with Gasteiger partial charge in [0.25, 0.3) is 11.5 Å². The van der Waals surface area contributed by atoms with E-state index in [2.05, 4.69) is 26.2 Å². The highest BCUT2D eigenvalue weighted by Crippen LogP contribution is 2.27. The molecule has 1 saturated carbocycles. The lowest BCUT2D eigenvalue weighted by atomic mass is 10.1. The van der Waals surface area contributed by atoms with Crippen molar-refractivity contribution < 1.29 is 4.79 Å². The number of pyridine rings is 1. The first-order valence-corrected chi connectivity index (χ1v) is 6.78. The summed E-state index contributed by atoms with van der Waals surface area (Å²) in [6.45, 7) is 0. The molecule has 1 amide bonds. The van der Waals surface area contributed by atoms with E-state index in [1.54, 1.807) is 6.07 Å². The summed E-state index contributed by atoms with van der Waals surface area (Å²) in [5, 5.41) is 3.44. The van der Waals surface area contributed by atoms with Gasteiger partial charge in [-0.1, -0.05) is 12.1 Å². The van der Waals surface area contributed by atoms with Gasteiger partial charge in [0.05, 0.1) is 11.2 Å². The monoisotopic (exact) mass is 321 g/mol. The molecule has 6 heteroatoms. The first-order valence-electron chi connectivity index (χ1n) is 5.99. The van der Waals surface area contributed by atoms with E-state index < -0.39 is 11.5 Å². The molecule has 1 aromatic carbocycles. The van der Waals surface area contributed by atoms with E-state index in [1.165, 1.54) is 0 Å². The van der Waals surface area contributed by atoms with Crippen molar-refractivity contribution in [2.24, 2.45) is 0 Å². The van der Waals surface area contributed by atoms with E-state index in [-0.39, 0.29) is 17.3 Å². The lowest BCUT2D eigenvalue weighted by Crippen LogP contribution is -2.32. The first-order chi connectivity index (χ1) is 9.08. The number of amides is 1. The number of hydrogen-bond acceptors (Lipinski definition) is 3. The Balaban J connectivity index is 2.19. The molecular formula is C13H12BrN3O2. The molecule has 0 unspecified atom stereocenters. The van der Waals surface area contributed by atoms with Gasteiger partial charge in [-0.15, -0.1) is 0 Å². The van der Waals surface area contributed by atoms with Crippen LogP contribution in [0.1, 0.15) is 23.2 Å². The number of para-hydroxylation sites is 1. The number of halogens is 1. The van der Waals surface area contributed by atoms with Crippen molar-refractivity contribution in [1.29, 1.82) is 0 Å². The molecule has 19 heavy (non-hydrogen) atoms. The molecule has 0 radical (unpaired) electrons. The second-order valence-electron chi connectivity index (χ2n) is 4.65. The second kappa shape index (κ2) is 4.38. The van der Waals surface area contributed by atoms with Crippen LogP contribution >= 0.6 is 15.9 Å². The number of hydrogen-bond donors (Lipinski definition) is 3. The van der Waals surface area contributed by atoms with Crippen LogP contribution in [0.5, 0.6) is 0 Å². The van der Waals surface area contributed by atoms with Crippen molar-refractivity contribution in [3.63, 3.8) is 0 Å². The third-order valence-electron chi connectivity index (χ3n) is 3.18. The molecule has 0 saturated heterocycles. The maximum atomic E-state index is 12.0. The normalized spacial score (nSPS) is 14.6. The van der Waals surface area contributed by atoms with Gasteiger partial charge < -0.3 is 16.0 Å². The molecule has 0 aliphatic heterocycles. The topological polar surface area (TPSA) is 88.0 Å². The summed E-state index contributed by atoms with van der Waals surface area (Å²) in [4.78, 5) is 26.8. The molecule has 1 fully saturated rings. The number of carbonyl (C=O) groups is 1. The van der Waals surface area contributed by atoms with E-state index in [0.29, 0.717) is 10.9 Å². The summed E-state index contributed by atoms with van der Waals surface area (Å²) in [6.07, 6.45) is 1.92. The van der Waals surface area contributed by atoms with Crippen molar-refractivity contribution in [2.45, 2.75) is 18.9 Å². The van der Waals surface area contributed by atoms with Gasteiger partial charge in [0, 0.05) is 15.9 Å². The Morgan fingerprint density at radius 2 is 2.16 bits per heavy atom. The van der Waals surface area contributed by atoms with Gasteiger partial charge in [0.15, 0.2) is 0 Å². The number of aromatic nitrogens is 1. The highest BCUT2D eigenvalue weighted by Gasteiger charge is 2.26. The standard InChI is InChI=1S/C13H12BrN3O2/c14-8-3-1-2-7-10(15)9(13(19)17-11(7)8)12(18)16-6-4-5-6/h1-3,6H,4-5H2,(H,16,18)(H3,15,17,19). The Morgan fingerprint density at radius 3 is 2.84 bits per heavy atom. The number of nitrogen functional groups attached to an aromatic ring is 1. The zero-order valence-electron chi connectivity index (χ0n) is 10.00. The largest absolute Gasteiger partial charge is 0.397 e. The van der Waals surface area contributed by atoms with Crippen LogP contribution in [0.15, 0.2) is 27.5 Å². The number of benzene rings is 1. The maximum absolute atomic E-state index is 12.0. The summed E-state index contributed by atoms with van der Waals surface area (Å²) in [6, 6.07) is 5.58. The fourth-order valence-electron chi connectivity index (χ4n) is 2.02. The fraction of sp³-hybridized carbons (Fsp3) is 0.231. The van der Waals surface area contributed by atoms with E-state index in [9.17, 15) is 9.59 Å². The number of nitrogens with one attached hydrogen (secondary N) is 2. The Hall–Kier alpha value is -1.82. The van der Waals surface area contributed by atoms with Gasteiger partial charge in [0.1, 0.15) is 5.56 Å². The van der Waals surface area contributed by atoms with Crippen molar-refractivity contribution in [2.75, 3.05) is 5.73 Å². The summed E-state index contributed by atoms with van der Waals surface area (Å²) in [7, 11) is 0. The Morgan fingerprint density at radius 1 is 1.42 bits per heavy atom. The molecule has 0 bridgehead atoms. The van der Waals surface area contributed by atoms with E-state index in [1.807, 2.05) is 12.1 Å². The number of H-pyrrole nitrogens is 1. The molecule has 1 heterocycles. The molecule has 4 N–H and O–H groups in total. The quantitative estimate of drug-likeness (QED) is 0.787. The summed E-state index contributed by atoms with van der Waals surface area (Å²) < 4.78 is 0.739. The number of anilines is 1. The van der Waals surface area contributed by atoms with Crippen LogP contribution in [0.2, 0.25) is 0 Å². The Bertz CT molecular complexity index is 734. The molecule has 0 atom stereocenters. The highest BCUT2D eigenvalue weighted by atomic mass is 79.9. The summed E-state index contributed by atoms with van der Waals surface area (Å²) in [5.74, 6) is -0.400. The number of aromatic amines is 1. The van der Waals surface area contributed by atoms with E-state index >= 15 is 0 Å². The van der Waals surface area contributed by atoms with Crippen molar-refractivity contribution >= 4 is 38.4 Å². The fourth-order valence-corrected chi connectivity index (χ4v) is 2.48. The average Bonchev–Trinajstić information content (AvgIpc) is 3.14. The zero-order valence-corrected chi connectivity index (χ0v) is 11.6. The SMILES string of the molecule is Nc1c(C(=O)NC2CC2)c(=O)[nH]c2c(Br)cccc12. The van der Waals surface area contributed by atoms with Gasteiger partial charge >= 0.3 is 0 Å². The number of fused-ring (bicyclic) bond motifs is 1. The highest BCUT2D eigenvalue weighted by molar-refractivity contribution is 9.10. The molecular weight excluding hydrogens is 310 g/mol. The van der Waals surface area contributed by atoms with Crippen LogP contribution in [0.3, 0.4) is 0 Å². The van der Waals surface area contributed by atoms with Crippen molar-refractivity contribution in [3.05, 3.63) is 38.6 Å². The maximum Gasteiger partial charge on any atom is 0.263 e. The predicted molar refractivity (Wildman–Crippen MR) is 77.2 cm³/mol. The van der Waals surface area contributed by atoms with Gasteiger partial charge in [-0.3, -0.25) is 9.59 Å². The predicted octanol–water partition coefficient (Wildman–Crippen LogP) is 1.77. The van der Waals surface area contributed by atoms with Crippen LogP contribution in [0.4, 0.5) is 5.69 Å². The van der Waals surface area contributed by atoms with Gasteiger partial charge in [0.2, 0.25) is 0 Å². The molecule has 0 spiro atoms. The van der Waals surface area contributed by atoms with Crippen molar-refractivity contribution in [1.82, 2.24) is 10.3 Å². The number of nitrogens with two attached hydrogens (primary N) is 1. The first kappa shape index (κ1) is 12.2. The van der Waals surface area contributed by atoms with Crippen LogP contribution in [-0.2, 0) is 0 Å². The molecule has 98 valence electrons. The molecule has 2 aromatic rings. The molecule has 3 rings (SSSR count). The number of rotatable bonds is 2. The minimum Gasteiger partial charge on any atom is -0.397 e. The summed E-state index contributed by atoms with van der Waals surface area (Å²) in [5.41, 5.74) is 6.34. The smallest absolute Gasteiger partial charge is 0.263 e. The zero-order chi connectivity index (χ0) is 13.6. The van der Waals surface area contributed by atoms with E-state index in [4.69, 9.17) is 5.73 Å². The minimum atomic E-state index is -0.463. The van der Waals surface area contributed by atoms with Gasteiger partial charge in [-0.2, -0.15) is 0 Å². The van der Waals surface area contributed by atoms with Crippen LogP contribution in [0, 0.1) is 0 Å². The summed E-state index contributed by atoms with van der Waals surface area (Å²) >= 11 is 3.35. The van der Waals surface area contributed by atoms with Crippen LogP contribution in [-0.4, -0.2) is 16.9 Å². The Kier molecular flexibility index (Phi) is 2.82. The van der Waals surface area contributed by atoms with E-state index in [0.717, 1.165) is 17.3 Å². The van der Waals surface area contributed by atoms with Crippen molar-refractivity contribution in [3.8, 4) is 0 Å². The molecule has 1 aliphatic carbocycles. The van der Waals surface area contributed by atoms with Gasteiger partial charge in [-0.05, 0) is 34.8 Å².